The molecule has 0 saturated heterocycles. The molecule has 0 heterocycles. The number of rotatable bonds is 4. The average molecular weight is 216 g/mol. The van der Waals surface area contributed by atoms with Gasteiger partial charge in [0, 0.05) is 12.1 Å². The summed E-state index contributed by atoms with van der Waals surface area (Å²) >= 11 is 1.54. The molecule has 3 N–H and O–H groups in total. The summed E-state index contributed by atoms with van der Waals surface area (Å²) in [7, 11) is 0. The van der Waals surface area contributed by atoms with Gasteiger partial charge in [-0.1, -0.05) is 19.3 Å². The fourth-order valence-electron chi connectivity index (χ4n) is 1.89. The van der Waals surface area contributed by atoms with Crippen molar-refractivity contribution in [2.24, 2.45) is 5.73 Å². The maximum atomic E-state index is 11.2. The van der Waals surface area contributed by atoms with Crippen LogP contribution in [0.25, 0.3) is 0 Å². The second kappa shape index (κ2) is 5.61. The summed E-state index contributed by atoms with van der Waals surface area (Å²) in [6.07, 6.45) is 7.72. The van der Waals surface area contributed by atoms with Gasteiger partial charge in [0.2, 0.25) is 5.91 Å². The van der Waals surface area contributed by atoms with Crippen molar-refractivity contribution >= 4 is 17.7 Å². The predicted octanol–water partition coefficient (Wildman–Crippen LogP) is 1.13. The number of thioether (sulfide) groups is 1. The molecule has 1 saturated carbocycles. The maximum absolute atomic E-state index is 11.2. The Bertz CT molecular complexity index is 191. The van der Waals surface area contributed by atoms with Gasteiger partial charge in [-0.05, 0) is 19.1 Å². The number of hydrogen-bond acceptors (Lipinski definition) is 3. The van der Waals surface area contributed by atoms with Crippen LogP contribution in [0.5, 0.6) is 0 Å². The van der Waals surface area contributed by atoms with Crippen molar-refractivity contribution in [1.29, 1.82) is 0 Å². The van der Waals surface area contributed by atoms with Crippen LogP contribution in [0.4, 0.5) is 0 Å². The normalized spacial score (nSPS) is 20.4. The quantitative estimate of drug-likeness (QED) is 0.740. The van der Waals surface area contributed by atoms with Crippen LogP contribution in [0, 0.1) is 0 Å². The van der Waals surface area contributed by atoms with E-state index < -0.39 is 0 Å². The Morgan fingerprint density at radius 3 is 2.64 bits per heavy atom. The largest absolute Gasteiger partial charge is 0.354 e. The lowest BCUT2D eigenvalue weighted by molar-refractivity contribution is -0.118. The number of hydrogen-bond donors (Lipinski definition) is 2. The zero-order valence-corrected chi connectivity index (χ0v) is 9.66. The molecule has 0 radical (unpaired) electrons. The summed E-state index contributed by atoms with van der Waals surface area (Å²) in [5, 5.41) is 2.91. The van der Waals surface area contributed by atoms with Gasteiger partial charge in [-0.15, -0.1) is 0 Å². The Morgan fingerprint density at radius 1 is 1.43 bits per heavy atom. The minimum absolute atomic E-state index is 0.105. The molecule has 1 aliphatic rings. The number of amides is 1. The molecule has 0 aromatic carbocycles. The van der Waals surface area contributed by atoms with Crippen molar-refractivity contribution < 1.29 is 4.79 Å². The summed E-state index contributed by atoms with van der Waals surface area (Å²) in [6.45, 7) is 0.645. The topological polar surface area (TPSA) is 55.1 Å². The van der Waals surface area contributed by atoms with E-state index in [1.807, 2.05) is 6.26 Å². The maximum Gasteiger partial charge on any atom is 0.230 e. The summed E-state index contributed by atoms with van der Waals surface area (Å²) in [5.74, 6) is 0.642. The smallest absolute Gasteiger partial charge is 0.230 e. The minimum Gasteiger partial charge on any atom is -0.354 e. The third-order valence-corrected chi connectivity index (χ3v) is 3.31. The van der Waals surface area contributed by atoms with Crippen LogP contribution in [-0.2, 0) is 4.79 Å². The first-order chi connectivity index (χ1) is 6.66. The Labute approximate surface area is 90.2 Å². The number of carbonyl (C=O) groups is 1. The van der Waals surface area contributed by atoms with Gasteiger partial charge in [0.1, 0.15) is 0 Å². The van der Waals surface area contributed by atoms with E-state index in [4.69, 9.17) is 5.73 Å². The lowest BCUT2D eigenvalue weighted by atomic mass is 9.82. The molecular weight excluding hydrogens is 196 g/mol. The molecule has 0 aliphatic heterocycles. The molecule has 0 spiro atoms. The van der Waals surface area contributed by atoms with Crippen LogP contribution in [0.2, 0.25) is 0 Å². The molecule has 0 bridgehead atoms. The fourth-order valence-corrected chi connectivity index (χ4v) is 2.25. The van der Waals surface area contributed by atoms with Crippen molar-refractivity contribution in [3.63, 3.8) is 0 Å². The zero-order valence-electron chi connectivity index (χ0n) is 8.84. The van der Waals surface area contributed by atoms with Crippen molar-refractivity contribution in [2.75, 3.05) is 18.6 Å². The monoisotopic (exact) mass is 216 g/mol. The molecule has 1 amide bonds. The molecule has 1 fully saturated rings. The highest BCUT2D eigenvalue weighted by atomic mass is 32.2. The van der Waals surface area contributed by atoms with Crippen LogP contribution < -0.4 is 11.1 Å². The molecule has 0 unspecified atom stereocenters. The van der Waals surface area contributed by atoms with E-state index in [0.29, 0.717) is 12.3 Å². The summed E-state index contributed by atoms with van der Waals surface area (Å²) in [4.78, 5) is 11.2. The van der Waals surface area contributed by atoms with Crippen LogP contribution >= 0.6 is 11.8 Å². The third-order valence-electron chi connectivity index (χ3n) is 2.76. The summed E-state index contributed by atoms with van der Waals surface area (Å²) in [5.41, 5.74) is 6.05. The van der Waals surface area contributed by atoms with Gasteiger partial charge in [0.25, 0.3) is 0 Å². The van der Waals surface area contributed by atoms with Gasteiger partial charge >= 0.3 is 0 Å². The highest BCUT2D eigenvalue weighted by Crippen LogP contribution is 2.24. The minimum atomic E-state index is -0.133. The molecular formula is C10H20N2OS. The molecule has 14 heavy (non-hydrogen) atoms. The Kier molecular flexibility index (Phi) is 4.75. The van der Waals surface area contributed by atoms with Crippen LogP contribution in [0.15, 0.2) is 0 Å². The second-order valence-electron chi connectivity index (χ2n) is 4.13. The molecule has 0 aromatic rings. The van der Waals surface area contributed by atoms with Crippen molar-refractivity contribution in [1.82, 2.24) is 5.32 Å². The lowest BCUT2D eigenvalue weighted by Gasteiger charge is -2.33. The summed E-state index contributed by atoms with van der Waals surface area (Å²) < 4.78 is 0. The predicted molar refractivity (Wildman–Crippen MR) is 61.4 cm³/mol. The molecule has 0 aromatic heterocycles. The van der Waals surface area contributed by atoms with Gasteiger partial charge in [0.15, 0.2) is 0 Å². The van der Waals surface area contributed by atoms with E-state index in [1.54, 1.807) is 11.8 Å². The Balaban J connectivity index is 2.24. The first-order valence-corrected chi connectivity index (χ1v) is 6.60. The third kappa shape index (κ3) is 3.88. The molecule has 4 heteroatoms. The number of carbonyl (C=O) groups excluding carboxylic acids is 1. The molecule has 1 aliphatic carbocycles. The zero-order chi connectivity index (χ0) is 10.4. The van der Waals surface area contributed by atoms with Crippen molar-refractivity contribution in [3.8, 4) is 0 Å². The van der Waals surface area contributed by atoms with Gasteiger partial charge in [-0.3, -0.25) is 4.79 Å². The first kappa shape index (κ1) is 11.9. The van der Waals surface area contributed by atoms with E-state index >= 15 is 0 Å². The van der Waals surface area contributed by atoms with E-state index in [2.05, 4.69) is 5.32 Å². The first-order valence-electron chi connectivity index (χ1n) is 5.21. The molecule has 1 rings (SSSR count). The standard InChI is InChI=1S/C10H20N2OS/c1-14-7-9(13)12-8-10(11)5-3-2-4-6-10/h2-8,11H2,1H3,(H,12,13). The van der Waals surface area contributed by atoms with E-state index in [0.717, 1.165) is 12.8 Å². The number of nitrogens with one attached hydrogen (secondary N) is 1. The van der Waals surface area contributed by atoms with Crippen LogP contribution in [-0.4, -0.2) is 30.0 Å². The van der Waals surface area contributed by atoms with Gasteiger partial charge < -0.3 is 11.1 Å². The molecule has 3 nitrogen and oxygen atoms in total. The van der Waals surface area contributed by atoms with E-state index in [9.17, 15) is 4.79 Å². The highest BCUT2D eigenvalue weighted by Gasteiger charge is 2.27. The number of nitrogens with two attached hydrogens (primary N) is 1. The summed E-state index contributed by atoms with van der Waals surface area (Å²) in [6, 6.07) is 0. The molecule has 82 valence electrons. The SMILES string of the molecule is CSCC(=O)NCC1(N)CCCCC1. The van der Waals surface area contributed by atoms with Crippen LogP contribution in [0.1, 0.15) is 32.1 Å². The Hall–Kier alpha value is -0.220. The lowest BCUT2D eigenvalue weighted by Crippen LogP contribution is -2.51. The van der Waals surface area contributed by atoms with Gasteiger partial charge in [0.05, 0.1) is 5.75 Å². The highest BCUT2D eigenvalue weighted by molar-refractivity contribution is 7.99. The van der Waals surface area contributed by atoms with E-state index in [1.165, 1.54) is 19.3 Å². The second-order valence-corrected chi connectivity index (χ2v) is 5.00. The van der Waals surface area contributed by atoms with Crippen molar-refractivity contribution in [2.45, 2.75) is 37.6 Å². The van der Waals surface area contributed by atoms with Crippen molar-refractivity contribution in [3.05, 3.63) is 0 Å². The fraction of sp³-hybridized carbons (Fsp3) is 0.900. The molecule has 0 atom stereocenters. The Morgan fingerprint density at radius 2 is 2.07 bits per heavy atom. The van der Waals surface area contributed by atoms with E-state index in [-0.39, 0.29) is 11.4 Å². The van der Waals surface area contributed by atoms with Gasteiger partial charge in [-0.25, -0.2) is 0 Å². The average Bonchev–Trinajstić information content (AvgIpc) is 2.17. The van der Waals surface area contributed by atoms with Crippen LogP contribution in [0.3, 0.4) is 0 Å². The van der Waals surface area contributed by atoms with Gasteiger partial charge in [-0.2, -0.15) is 11.8 Å².